The minimum absolute atomic E-state index is 0.151. The predicted octanol–water partition coefficient (Wildman–Crippen LogP) is 4.92. The molecule has 214 valence electrons. The summed E-state index contributed by atoms with van der Waals surface area (Å²) in [6, 6.07) is 10.9. The van der Waals surface area contributed by atoms with Gasteiger partial charge in [0.05, 0.1) is 0 Å². The van der Waals surface area contributed by atoms with Crippen molar-refractivity contribution in [3.8, 4) is 5.75 Å². The normalized spacial score (nSPS) is 18.0. The van der Waals surface area contributed by atoms with Gasteiger partial charge in [0, 0.05) is 13.1 Å². The summed E-state index contributed by atoms with van der Waals surface area (Å²) in [6.07, 6.45) is 7.42. The Kier molecular flexibility index (Phi) is 9.53. The summed E-state index contributed by atoms with van der Waals surface area (Å²) in [5.74, 6) is 1.40. The molecule has 0 saturated carbocycles. The van der Waals surface area contributed by atoms with Crippen LogP contribution in [0.3, 0.4) is 0 Å². The summed E-state index contributed by atoms with van der Waals surface area (Å²) >= 11 is 6.30. The number of benzene rings is 2. The number of nitrogens with zero attached hydrogens (tertiary/aromatic N) is 3. The van der Waals surface area contributed by atoms with Crippen LogP contribution in [0, 0.1) is 0 Å². The number of fused-ring (bicyclic) bond motifs is 1. The van der Waals surface area contributed by atoms with E-state index in [4.69, 9.17) is 16.3 Å². The van der Waals surface area contributed by atoms with Gasteiger partial charge in [0.25, 0.3) is 0 Å². The summed E-state index contributed by atoms with van der Waals surface area (Å²) in [6.45, 7) is 1.33. The predicted molar refractivity (Wildman–Crippen MR) is 160 cm³/mol. The van der Waals surface area contributed by atoms with E-state index in [1.54, 1.807) is 31.4 Å². The third-order valence-electron chi connectivity index (χ3n) is 7.42. The molecule has 0 amide bonds. The van der Waals surface area contributed by atoms with Crippen molar-refractivity contribution in [2.24, 2.45) is 0 Å². The average Bonchev–Trinajstić information content (AvgIpc) is 3.44. The number of anilines is 4. The van der Waals surface area contributed by atoms with Gasteiger partial charge in [-0.05, 0) is 25.0 Å². The first kappa shape index (κ1) is 29.1. The number of aromatic nitrogens is 2. The molecule has 2 atom stereocenters. The molecule has 3 N–H and O–H groups in total. The molecule has 1 saturated heterocycles. The van der Waals surface area contributed by atoms with E-state index < -0.39 is 10.0 Å². The van der Waals surface area contributed by atoms with Gasteiger partial charge in [-0.1, -0.05) is 12.1 Å². The molecule has 2 heterocycles. The molecule has 9 nitrogen and oxygen atoms in total. The van der Waals surface area contributed by atoms with Crippen molar-refractivity contribution in [3.05, 3.63) is 58.7 Å². The maximum atomic E-state index is 13.3. The molecular weight excluding hydrogens is 613 g/mol. The number of hydrogen-bond donors (Lipinski definition) is 3. The SMILES string of the molecule is COc1c(Nc2ncc(Cl)c(Nc3ccccc3S(=O)(=O)N3CCCC3)n2)ccc2c1CCC([AsH]CCO)CC2. The van der Waals surface area contributed by atoms with E-state index in [-0.39, 0.29) is 25.7 Å². The van der Waals surface area contributed by atoms with E-state index in [2.05, 4.69) is 26.7 Å². The van der Waals surface area contributed by atoms with Crippen molar-refractivity contribution in [1.29, 1.82) is 0 Å². The third kappa shape index (κ3) is 6.42. The molecule has 2 aromatic carbocycles. The molecule has 1 aliphatic heterocycles. The fourth-order valence-electron chi connectivity index (χ4n) is 5.40. The molecule has 1 aliphatic carbocycles. The number of aliphatic hydroxyl groups excluding tert-OH is 1. The first-order valence-corrected chi connectivity index (χ1v) is 18.1. The van der Waals surface area contributed by atoms with Gasteiger partial charge >= 0.3 is 170 Å². The van der Waals surface area contributed by atoms with Gasteiger partial charge in [0.2, 0.25) is 10.0 Å². The number of ether oxygens (including phenoxy) is 1. The molecular formula is C28H35AsClN5O4S. The molecule has 0 bridgehead atoms. The van der Waals surface area contributed by atoms with Crippen molar-refractivity contribution in [3.63, 3.8) is 0 Å². The van der Waals surface area contributed by atoms with Gasteiger partial charge in [-0.3, -0.25) is 0 Å². The van der Waals surface area contributed by atoms with Crippen LogP contribution in [0.2, 0.25) is 14.9 Å². The Balaban J connectivity index is 1.39. The van der Waals surface area contributed by atoms with Crippen LogP contribution >= 0.6 is 11.6 Å². The average molecular weight is 648 g/mol. The summed E-state index contributed by atoms with van der Waals surface area (Å²) in [7, 11) is -1.97. The van der Waals surface area contributed by atoms with Gasteiger partial charge in [-0.2, -0.15) is 4.31 Å². The molecule has 3 aromatic rings. The van der Waals surface area contributed by atoms with Crippen LogP contribution in [-0.2, 0) is 22.9 Å². The Labute approximate surface area is 247 Å². The van der Waals surface area contributed by atoms with Crippen LogP contribution in [0.4, 0.5) is 23.1 Å². The van der Waals surface area contributed by atoms with Gasteiger partial charge in [-0.25, -0.2) is 8.42 Å². The molecule has 1 fully saturated rings. The zero-order chi connectivity index (χ0) is 28.1. The first-order chi connectivity index (χ1) is 19.4. The third-order valence-corrected chi connectivity index (χ3v) is 13.2. The maximum absolute atomic E-state index is 13.3. The number of aliphatic hydroxyl groups is 1. The summed E-state index contributed by atoms with van der Waals surface area (Å²) in [4.78, 5) is 9.14. The van der Waals surface area contributed by atoms with Crippen LogP contribution in [0.5, 0.6) is 5.75 Å². The van der Waals surface area contributed by atoms with Crippen molar-refractivity contribution < 1.29 is 18.3 Å². The second-order valence-electron chi connectivity index (χ2n) is 9.98. The minimum atomic E-state index is -3.65. The number of aryl methyl sites for hydroxylation is 1. The van der Waals surface area contributed by atoms with Gasteiger partial charge < -0.3 is 0 Å². The van der Waals surface area contributed by atoms with E-state index in [9.17, 15) is 13.5 Å². The zero-order valence-electron chi connectivity index (χ0n) is 22.5. The van der Waals surface area contributed by atoms with Crippen LogP contribution in [-0.4, -0.2) is 70.4 Å². The van der Waals surface area contributed by atoms with Gasteiger partial charge in [0.15, 0.2) is 0 Å². The fraction of sp³-hybridized carbons (Fsp3) is 0.429. The number of para-hydroxylation sites is 1. The monoisotopic (exact) mass is 647 g/mol. The van der Waals surface area contributed by atoms with Gasteiger partial charge in [0.1, 0.15) is 4.90 Å². The van der Waals surface area contributed by atoms with E-state index in [0.29, 0.717) is 41.9 Å². The summed E-state index contributed by atoms with van der Waals surface area (Å²) in [5, 5.41) is 16.9. The first-order valence-electron chi connectivity index (χ1n) is 13.6. The van der Waals surface area contributed by atoms with Crippen LogP contribution in [0.1, 0.15) is 36.8 Å². The standard InChI is InChI=1S/C28H35AsClN5O4S/c1-39-26-21-12-11-20(29-14-17-36)10-8-19(21)9-13-24(26)33-28-31-18-22(30)27(34-28)32-23-6-2-3-7-25(23)40(37,38)35-15-4-5-16-35/h2-3,6-7,9,13,18,20,29,36H,4-5,8,10-12,14-17H2,1H3,(H2,31,32,33,34). The Morgan fingerprint density at radius 3 is 2.65 bits per heavy atom. The molecule has 0 radical (unpaired) electrons. The van der Waals surface area contributed by atoms with E-state index in [1.165, 1.54) is 21.6 Å². The van der Waals surface area contributed by atoms with Crippen LogP contribution < -0.4 is 15.4 Å². The van der Waals surface area contributed by atoms with Gasteiger partial charge in [-0.15, -0.1) is 0 Å². The number of halogens is 1. The quantitative estimate of drug-likeness (QED) is 0.210. The van der Waals surface area contributed by atoms with Crippen molar-refractivity contribution >= 4 is 60.5 Å². The molecule has 1 aromatic heterocycles. The Bertz CT molecular complexity index is 1450. The summed E-state index contributed by atoms with van der Waals surface area (Å²) < 4.78 is 34.7. The Morgan fingerprint density at radius 1 is 1.10 bits per heavy atom. The molecule has 5 rings (SSSR count). The Hall–Kier alpha value is -2.36. The second kappa shape index (κ2) is 13.1. The summed E-state index contributed by atoms with van der Waals surface area (Å²) in [5.41, 5.74) is 3.67. The number of rotatable bonds is 10. The molecule has 2 aliphatic rings. The topological polar surface area (TPSA) is 117 Å². The Morgan fingerprint density at radius 2 is 1.88 bits per heavy atom. The number of sulfonamides is 1. The van der Waals surface area contributed by atoms with Crippen LogP contribution in [0.25, 0.3) is 0 Å². The van der Waals surface area contributed by atoms with Crippen molar-refractivity contribution in [2.75, 3.05) is 37.4 Å². The van der Waals surface area contributed by atoms with E-state index in [0.717, 1.165) is 55.2 Å². The molecule has 0 spiro atoms. The van der Waals surface area contributed by atoms with Crippen molar-refractivity contribution in [2.45, 2.75) is 53.3 Å². The molecule has 40 heavy (non-hydrogen) atoms. The van der Waals surface area contributed by atoms with Crippen LogP contribution in [0.15, 0.2) is 47.5 Å². The number of hydrogen-bond acceptors (Lipinski definition) is 8. The van der Waals surface area contributed by atoms with E-state index in [1.807, 2.05) is 6.07 Å². The number of nitrogens with one attached hydrogen (secondary N) is 2. The zero-order valence-corrected chi connectivity index (χ0v) is 26.2. The number of methoxy groups -OCH3 is 1. The van der Waals surface area contributed by atoms with Crippen molar-refractivity contribution in [1.82, 2.24) is 14.3 Å². The van der Waals surface area contributed by atoms with E-state index >= 15 is 0 Å². The molecule has 2 unspecified atom stereocenters. The second-order valence-corrected chi connectivity index (χ2v) is 15.9. The fourth-order valence-corrected chi connectivity index (χ4v) is 9.79. The molecule has 12 heteroatoms.